The van der Waals surface area contributed by atoms with Gasteiger partial charge in [-0.3, -0.25) is 0 Å². The van der Waals surface area contributed by atoms with Crippen LogP contribution in [0.3, 0.4) is 0 Å². The van der Waals surface area contributed by atoms with Gasteiger partial charge in [-0.05, 0) is 24.6 Å². The molecule has 22 heavy (non-hydrogen) atoms. The number of anilines is 1. The van der Waals surface area contributed by atoms with Gasteiger partial charge in [0.1, 0.15) is 6.04 Å². The minimum atomic E-state index is -0.512. The van der Waals surface area contributed by atoms with E-state index in [1.807, 2.05) is 67.6 Å². The van der Waals surface area contributed by atoms with Crippen molar-refractivity contribution in [3.05, 3.63) is 78.9 Å². The molecule has 0 saturated carbocycles. The van der Waals surface area contributed by atoms with Crippen LogP contribution < -0.4 is 5.32 Å². The fraction of sp³-hybridized carbons (Fsp3) is 0.211. The third-order valence-electron chi connectivity index (χ3n) is 3.43. The monoisotopic (exact) mass is 295 g/mol. The van der Waals surface area contributed by atoms with Gasteiger partial charge in [0.05, 0.1) is 6.61 Å². The highest BCUT2D eigenvalue weighted by Crippen LogP contribution is 2.25. The smallest absolute Gasteiger partial charge is 0.329 e. The van der Waals surface area contributed by atoms with Crippen molar-refractivity contribution in [2.24, 2.45) is 0 Å². The SMILES string of the molecule is C=C[C@@H](c1ccccc1)[C@@H](Nc1ccccc1)C(=O)OCC. The van der Waals surface area contributed by atoms with E-state index in [9.17, 15) is 4.79 Å². The molecule has 0 fully saturated rings. The molecule has 0 spiro atoms. The van der Waals surface area contributed by atoms with E-state index >= 15 is 0 Å². The van der Waals surface area contributed by atoms with Crippen LogP contribution in [0.25, 0.3) is 0 Å². The molecular formula is C19H21NO2. The minimum absolute atomic E-state index is 0.166. The van der Waals surface area contributed by atoms with E-state index in [4.69, 9.17) is 4.74 Å². The lowest BCUT2D eigenvalue weighted by Gasteiger charge is -2.25. The first-order chi connectivity index (χ1) is 10.8. The Balaban J connectivity index is 2.30. The Hall–Kier alpha value is -2.55. The van der Waals surface area contributed by atoms with Crippen LogP contribution in [0.1, 0.15) is 18.4 Å². The van der Waals surface area contributed by atoms with Gasteiger partial charge in [0, 0.05) is 11.6 Å². The number of ether oxygens (including phenoxy) is 1. The summed E-state index contributed by atoms with van der Waals surface area (Å²) in [5.74, 6) is -0.444. The fourth-order valence-corrected chi connectivity index (χ4v) is 2.38. The predicted octanol–water partition coefficient (Wildman–Crippen LogP) is 4.00. The molecule has 0 aliphatic rings. The molecule has 0 amide bonds. The number of hydrogen-bond donors (Lipinski definition) is 1. The molecule has 0 aromatic heterocycles. The van der Waals surface area contributed by atoms with Gasteiger partial charge in [-0.15, -0.1) is 6.58 Å². The summed E-state index contributed by atoms with van der Waals surface area (Å²) in [4.78, 5) is 12.4. The first kappa shape index (κ1) is 15.8. The van der Waals surface area contributed by atoms with Crippen molar-refractivity contribution in [1.29, 1.82) is 0 Å². The molecule has 2 atom stereocenters. The maximum Gasteiger partial charge on any atom is 0.329 e. The molecule has 2 aromatic carbocycles. The molecule has 0 saturated heterocycles. The van der Waals surface area contributed by atoms with E-state index in [0.717, 1.165) is 11.3 Å². The first-order valence-electron chi connectivity index (χ1n) is 7.42. The van der Waals surface area contributed by atoms with Crippen molar-refractivity contribution < 1.29 is 9.53 Å². The molecule has 0 radical (unpaired) electrons. The molecule has 114 valence electrons. The van der Waals surface area contributed by atoms with E-state index in [1.54, 1.807) is 6.08 Å². The third-order valence-corrected chi connectivity index (χ3v) is 3.43. The summed E-state index contributed by atoms with van der Waals surface area (Å²) in [5, 5.41) is 3.27. The van der Waals surface area contributed by atoms with Crippen molar-refractivity contribution >= 4 is 11.7 Å². The van der Waals surface area contributed by atoms with Gasteiger partial charge in [0.25, 0.3) is 0 Å². The average Bonchev–Trinajstić information content (AvgIpc) is 2.57. The zero-order valence-corrected chi connectivity index (χ0v) is 12.7. The summed E-state index contributed by atoms with van der Waals surface area (Å²) in [6.07, 6.45) is 1.78. The summed E-state index contributed by atoms with van der Waals surface area (Å²) in [6.45, 7) is 6.05. The van der Waals surface area contributed by atoms with Gasteiger partial charge >= 0.3 is 5.97 Å². The van der Waals surface area contributed by atoms with Gasteiger partial charge in [-0.25, -0.2) is 4.79 Å². The maximum atomic E-state index is 12.4. The summed E-state index contributed by atoms with van der Waals surface area (Å²) in [7, 11) is 0. The highest BCUT2D eigenvalue weighted by Gasteiger charge is 2.28. The Morgan fingerprint density at radius 1 is 1.14 bits per heavy atom. The molecule has 0 aliphatic heterocycles. The summed E-state index contributed by atoms with van der Waals surface area (Å²) in [6, 6.07) is 19.0. The lowest BCUT2D eigenvalue weighted by atomic mass is 9.91. The molecule has 0 heterocycles. The number of hydrogen-bond acceptors (Lipinski definition) is 3. The van der Waals surface area contributed by atoms with Crippen molar-refractivity contribution in [2.45, 2.75) is 18.9 Å². The van der Waals surface area contributed by atoms with Crippen LogP contribution in [0.15, 0.2) is 73.3 Å². The lowest BCUT2D eigenvalue weighted by Crippen LogP contribution is -2.36. The molecule has 3 nitrogen and oxygen atoms in total. The standard InChI is InChI=1S/C19H21NO2/c1-3-17(15-11-7-5-8-12-15)18(19(21)22-4-2)20-16-13-9-6-10-14-16/h3,5-14,17-18,20H,1,4H2,2H3/t17-,18+/m0/s1. The largest absolute Gasteiger partial charge is 0.464 e. The Morgan fingerprint density at radius 3 is 2.27 bits per heavy atom. The fourth-order valence-electron chi connectivity index (χ4n) is 2.38. The van der Waals surface area contributed by atoms with Crippen molar-refractivity contribution in [2.75, 3.05) is 11.9 Å². The Kier molecular flexibility index (Phi) is 5.78. The molecule has 2 aromatic rings. The van der Waals surface area contributed by atoms with Crippen LogP contribution in [0.2, 0.25) is 0 Å². The van der Waals surface area contributed by atoms with Gasteiger partial charge in [0.2, 0.25) is 0 Å². The van der Waals surface area contributed by atoms with E-state index in [1.165, 1.54) is 0 Å². The van der Waals surface area contributed by atoms with Crippen LogP contribution >= 0.6 is 0 Å². The number of nitrogens with one attached hydrogen (secondary N) is 1. The number of carbonyl (C=O) groups is 1. The second kappa shape index (κ2) is 8.03. The normalized spacial score (nSPS) is 13.0. The van der Waals surface area contributed by atoms with Gasteiger partial charge in [-0.2, -0.15) is 0 Å². The van der Waals surface area contributed by atoms with Crippen molar-refractivity contribution in [3.63, 3.8) is 0 Å². The third kappa shape index (κ3) is 3.98. The second-order valence-electron chi connectivity index (χ2n) is 4.91. The first-order valence-corrected chi connectivity index (χ1v) is 7.42. The van der Waals surface area contributed by atoms with E-state index in [2.05, 4.69) is 11.9 Å². The number of para-hydroxylation sites is 1. The molecule has 1 N–H and O–H groups in total. The van der Waals surface area contributed by atoms with Crippen LogP contribution in [-0.2, 0) is 9.53 Å². The zero-order valence-electron chi connectivity index (χ0n) is 12.7. The van der Waals surface area contributed by atoms with Crippen molar-refractivity contribution in [3.8, 4) is 0 Å². The Morgan fingerprint density at radius 2 is 1.73 bits per heavy atom. The molecule has 3 heteroatoms. The zero-order chi connectivity index (χ0) is 15.8. The summed E-state index contributed by atoms with van der Waals surface area (Å²) >= 11 is 0. The minimum Gasteiger partial charge on any atom is -0.464 e. The quantitative estimate of drug-likeness (QED) is 0.620. The summed E-state index contributed by atoms with van der Waals surface area (Å²) in [5.41, 5.74) is 1.90. The van der Waals surface area contributed by atoms with Crippen LogP contribution in [0.5, 0.6) is 0 Å². The molecule has 0 unspecified atom stereocenters. The van der Waals surface area contributed by atoms with E-state index in [0.29, 0.717) is 6.61 Å². The highest BCUT2D eigenvalue weighted by atomic mass is 16.5. The number of esters is 1. The van der Waals surface area contributed by atoms with Crippen LogP contribution in [-0.4, -0.2) is 18.6 Å². The van der Waals surface area contributed by atoms with E-state index < -0.39 is 6.04 Å². The highest BCUT2D eigenvalue weighted by molar-refractivity contribution is 5.81. The van der Waals surface area contributed by atoms with Crippen LogP contribution in [0, 0.1) is 0 Å². The van der Waals surface area contributed by atoms with E-state index in [-0.39, 0.29) is 11.9 Å². The maximum absolute atomic E-state index is 12.4. The van der Waals surface area contributed by atoms with Crippen molar-refractivity contribution in [1.82, 2.24) is 0 Å². The Bertz CT molecular complexity index is 595. The molecule has 2 rings (SSSR count). The number of carbonyl (C=O) groups excluding carboxylic acids is 1. The topological polar surface area (TPSA) is 38.3 Å². The van der Waals surface area contributed by atoms with Gasteiger partial charge < -0.3 is 10.1 Å². The predicted molar refractivity (Wildman–Crippen MR) is 89.9 cm³/mol. The molecule has 0 bridgehead atoms. The summed E-state index contributed by atoms with van der Waals surface area (Å²) < 4.78 is 5.23. The van der Waals surface area contributed by atoms with Crippen LogP contribution in [0.4, 0.5) is 5.69 Å². The Labute approximate surface area is 131 Å². The average molecular weight is 295 g/mol. The van der Waals surface area contributed by atoms with Gasteiger partial charge in [-0.1, -0.05) is 54.6 Å². The second-order valence-corrected chi connectivity index (χ2v) is 4.91. The number of benzene rings is 2. The van der Waals surface area contributed by atoms with Gasteiger partial charge in [0.15, 0.2) is 0 Å². The molecule has 0 aliphatic carbocycles. The molecular weight excluding hydrogens is 274 g/mol. The lowest BCUT2D eigenvalue weighted by molar-refractivity contribution is -0.144. The number of rotatable bonds is 7.